The van der Waals surface area contributed by atoms with Crippen LogP contribution in [0.2, 0.25) is 0 Å². The third-order valence-electron chi connectivity index (χ3n) is 7.09. The molecule has 2 aromatic carbocycles. The van der Waals surface area contributed by atoms with Crippen LogP contribution in [0.3, 0.4) is 0 Å². The van der Waals surface area contributed by atoms with Gasteiger partial charge in [-0.05, 0) is 55.5 Å². The summed E-state index contributed by atoms with van der Waals surface area (Å²) in [4.78, 5) is 0. The van der Waals surface area contributed by atoms with Crippen molar-refractivity contribution in [2.24, 2.45) is 0 Å². The van der Waals surface area contributed by atoms with Crippen molar-refractivity contribution in [1.29, 1.82) is 0 Å². The maximum atomic E-state index is 15.0. The monoisotopic (exact) mass is 517 g/mol. The van der Waals surface area contributed by atoms with Crippen molar-refractivity contribution in [3.05, 3.63) is 48.0 Å². The maximum absolute atomic E-state index is 15.0. The molecule has 36 heavy (non-hydrogen) atoms. The van der Waals surface area contributed by atoms with E-state index < -0.39 is 13.4 Å². The Morgan fingerprint density at radius 3 is 1.69 bits per heavy atom. The smallest absolute Gasteiger partial charge is 0.357 e. The number of anilines is 1. The molecule has 0 bridgehead atoms. The van der Waals surface area contributed by atoms with Crippen molar-refractivity contribution >= 4 is 13.3 Å². The van der Waals surface area contributed by atoms with E-state index in [9.17, 15) is 4.57 Å². The fourth-order valence-electron chi connectivity index (χ4n) is 5.20. The average Bonchev–Trinajstić information content (AvgIpc) is 2.92. The molecule has 2 fully saturated rings. The Labute approximate surface area is 215 Å². The summed E-state index contributed by atoms with van der Waals surface area (Å²) in [5.74, 6) is 0.720. The molecule has 8 heteroatoms. The van der Waals surface area contributed by atoms with Gasteiger partial charge in [-0.15, -0.1) is 0 Å². The quantitative estimate of drug-likeness (QED) is 0.306. The third-order valence-corrected chi connectivity index (χ3v) is 9.34. The van der Waals surface area contributed by atoms with Crippen LogP contribution in [0.25, 0.3) is 0 Å². The molecule has 0 spiro atoms. The Hall–Kier alpha value is -2.21. The fourth-order valence-corrected chi connectivity index (χ4v) is 7.57. The Balaban J connectivity index is 1.79. The van der Waals surface area contributed by atoms with E-state index in [1.165, 1.54) is 12.8 Å². The predicted molar refractivity (Wildman–Crippen MR) is 142 cm³/mol. The molecule has 0 unspecified atom stereocenters. The Kier molecular flexibility index (Phi) is 9.58. The van der Waals surface area contributed by atoms with Crippen molar-refractivity contribution in [3.63, 3.8) is 0 Å². The molecule has 0 saturated heterocycles. The van der Waals surface area contributed by atoms with Gasteiger partial charge in [0.25, 0.3) is 0 Å². The van der Waals surface area contributed by atoms with Crippen molar-refractivity contribution < 1.29 is 27.8 Å². The molecule has 2 aromatic rings. The van der Waals surface area contributed by atoms with Gasteiger partial charge < -0.3 is 28.6 Å². The first-order chi connectivity index (χ1) is 17.6. The van der Waals surface area contributed by atoms with Crippen LogP contribution < -0.4 is 19.5 Å². The first kappa shape index (κ1) is 26.8. The first-order valence-electron chi connectivity index (χ1n) is 13.1. The van der Waals surface area contributed by atoms with Gasteiger partial charge in [0.05, 0.1) is 33.5 Å². The second-order valence-electron chi connectivity index (χ2n) is 9.64. The van der Waals surface area contributed by atoms with E-state index in [1.54, 1.807) is 21.3 Å². The molecule has 1 atom stereocenters. The van der Waals surface area contributed by atoms with Gasteiger partial charge in [-0.25, -0.2) is 0 Å². The van der Waals surface area contributed by atoms with Crippen molar-refractivity contribution in [2.45, 2.75) is 82.2 Å². The fraction of sp³-hybridized carbons (Fsp3) is 0.571. The number of nitrogens with one attached hydrogen (secondary N) is 1. The molecule has 0 aromatic heterocycles. The zero-order chi connectivity index (χ0) is 25.4. The highest BCUT2D eigenvalue weighted by Gasteiger charge is 2.43. The van der Waals surface area contributed by atoms with Gasteiger partial charge in [-0.1, -0.05) is 56.7 Å². The summed E-state index contributed by atoms with van der Waals surface area (Å²) in [6, 6.07) is 13.4. The van der Waals surface area contributed by atoms with Crippen LogP contribution in [0.1, 0.15) is 75.6 Å². The third kappa shape index (κ3) is 6.56. The molecule has 0 heterocycles. The highest BCUT2D eigenvalue weighted by Crippen LogP contribution is 2.64. The van der Waals surface area contributed by atoms with Crippen molar-refractivity contribution in [3.8, 4) is 17.2 Å². The number of benzene rings is 2. The lowest BCUT2D eigenvalue weighted by atomic mass is 9.98. The summed E-state index contributed by atoms with van der Waals surface area (Å²) >= 11 is 0. The summed E-state index contributed by atoms with van der Waals surface area (Å²) in [7, 11) is 1.03. The van der Waals surface area contributed by atoms with E-state index in [2.05, 4.69) is 5.32 Å². The molecule has 1 N–H and O–H groups in total. The molecule has 198 valence electrons. The summed E-state index contributed by atoms with van der Waals surface area (Å²) in [5, 5.41) is 3.49. The van der Waals surface area contributed by atoms with Crippen molar-refractivity contribution in [1.82, 2.24) is 0 Å². The SMILES string of the molecule is COc1cc([C@H](Nc2ccccc2)P(=O)(OC2CCCCC2)OC2CCCCC2)cc(OC)c1OC. The van der Waals surface area contributed by atoms with Crippen LogP contribution >= 0.6 is 7.60 Å². The van der Waals surface area contributed by atoms with Gasteiger partial charge in [-0.2, -0.15) is 0 Å². The lowest BCUT2D eigenvalue weighted by Crippen LogP contribution is -2.25. The van der Waals surface area contributed by atoms with Crippen LogP contribution in [0.15, 0.2) is 42.5 Å². The topological polar surface area (TPSA) is 75.3 Å². The largest absolute Gasteiger partial charge is 0.493 e. The number of para-hydroxylation sites is 1. The minimum absolute atomic E-state index is 0.0877. The molecule has 0 aliphatic heterocycles. The number of rotatable bonds is 11. The summed E-state index contributed by atoms with van der Waals surface area (Å²) in [6.45, 7) is 0. The Morgan fingerprint density at radius 2 is 1.25 bits per heavy atom. The summed E-state index contributed by atoms with van der Waals surface area (Å²) in [6.07, 6.45) is 10.1. The first-order valence-corrected chi connectivity index (χ1v) is 14.8. The van der Waals surface area contributed by atoms with Crippen LogP contribution in [-0.2, 0) is 13.6 Å². The number of methoxy groups -OCH3 is 3. The molecule has 2 saturated carbocycles. The highest BCUT2D eigenvalue weighted by molar-refractivity contribution is 7.54. The molecule has 0 radical (unpaired) electrons. The van der Waals surface area contributed by atoms with E-state index >= 15 is 0 Å². The molecule has 2 aliphatic rings. The minimum Gasteiger partial charge on any atom is -0.493 e. The van der Waals surface area contributed by atoms with Gasteiger partial charge in [0, 0.05) is 5.69 Å². The number of hydrogen-bond acceptors (Lipinski definition) is 7. The minimum atomic E-state index is -3.70. The Morgan fingerprint density at radius 1 is 0.750 bits per heavy atom. The molecular formula is C28H40NO6P. The predicted octanol–water partition coefficient (Wildman–Crippen LogP) is 7.71. The number of ether oxygens (including phenoxy) is 3. The molecule has 0 amide bonds. The number of hydrogen-bond donors (Lipinski definition) is 1. The lowest BCUT2D eigenvalue weighted by molar-refractivity contribution is 0.0758. The summed E-state index contributed by atoms with van der Waals surface area (Å²) in [5.41, 5.74) is 1.53. The van der Waals surface area contributed by atoms with E-state index in [0.717, 1.165) is 57.1 Å². The van der Waals surface area contributed by atoms with Gasteiger partial charge in [0.2, 0.25) is 5.75 Å². The zero-order valence-electron chi connectivity index (χ0n) is 21.7. The highest BCUT2D eigenvalue weighted by atomic mass is 31.2. The normalized spacial score (nSPS) is 18.4. The molecule has 4 rings (SSSR count). The van der Waals surface area contributed by atoms with E-state index in [0.29, 0.717) is 22.8 Å². The van der Waals surface area contributed by atoms with Crippen LogP contribution in [-0.4, -0.2) is 33.5 Å². The van der Waals surface area contributed by atoms with Crippen molar-refractivity contribution in [2.75, 3.05) is 26.6 Å². The van der Waals surface area contributed by atoms with Gasteiger partial charge >= 0.3 is 7.60 Å². The van der Waals surface area contributed by atoms with Gasteiger partial charge in [-0.3, -0.25) is 4.57 Å². The van der Waals surface area contributed by atoms with Gasteiger partial charge in [0.15, 0.2) is 17.3 Å². The van der Waals surface area contributed by atoms with Crippen LogP contribution in [0.5, 0.6) is 17.2 Å². The standard InChI is InChI=1S/C28H40NO6P/c1-31-25-19-21(20-26(32-2)27(25)33-3)28(29-22-13-7-4-8-14-22)36(30,34-23-15-9-5-10-16-23)35-24-17-11-6-12-18-24/h4,7-8,13-14,19-20,23-24,28-29H,5-6,9-12,15-18H2,1-3H3/t28-/m1/s1. The molecular weight excluding hydrogens is 477 g/mol. The van der Waals surface area contributed by atoms with E-state index in [-0.39, 0.29) is 12.2 Å². The molecule has 2 aliphatic carbocycles. The second-order valence-corrected chi connectivity index (χ2v) is 11.7. The van der Waals surface area contributed by atoms with E-state index in [1.807, 2.05) is 42.5 Å². The van der Waals surface area contributed by atoms with E-state index in [4.69, 9.17) is 23.3 Å². The second kappa shape index (κ2) is 12.8. The Bertz CT molecular complexity index is 955. The van der Waals surface area contributed by atoms with Crippen LogP contribution in [0.4, 0.5) is 5.69 Å². The summed E-state index contributed by atoms with van der Waals surface area (Å²) < 4.78 is 44.8. The average molecular weight is 518 g/mol. The molecule has 7 nitrogen and oxygen atoms in total. The zero-order valence-corrected chi connectivity index (χ0v) is 22.6. The maximum Gasteiger partial charge on any atom is 0.357 e. The van der Waals surface area contributed by atoms with Gasteiger partial charge in [0.1, 0.15) is 0 Å². The van der Waals surface area contributed by atoms with Crippen LogP contribution in [0, 0.1) is 0 Å². The lowest BCUT2D eigenvalue weighted by Gasteiger charge is -2.36.